The third kappa shape index (κ3) is 1.15. The van der Waals surface area contributed by atoms with E-state index >= 15 is 0 Å². The van der Waals surface area contributed by atoms with E-state index in [9.17, 15) is 15.2 Å². The highest BCUT2D eigenvalue weighted by Gasteiger charge is 2.44. The third-order valence-electron chi connectivity index (χ3n) is 1.55. The van der Waals surface area contributed by atoms with Gasteiger partial charge in [0, 0.05) is 6.08 Å². The maximum atomic E-state index is 10.3. The van der Waals surface area contributed by atoms with Crippen molar-refractivity contribution in [1.82, 2.24) is 0 Å². The summed E-state index contributed by atoms with van der Waals surface area (Å²) in [7, 11) is 0. The van der Waals surface area contributed by atoms with Gasteiger partial charge in [0.05, 0.1) is 4.92 Å². The van der Waals surface area contributed by atoms with E-state index in [0.29, 0.717) is 0 Å². The third-order valence-corrected chi connectivity index (χ3v) is 1.55. The molecule has 1 aliphatic carbocycles. The van der Waals surface area contributed by atoms with E-state index in [1.165, 1.54) is 12.2 Å². The van der Waals surface area contributed by atoms with Gasteiger partial charge in [0.15, 0.2) is 0 Å². The number of nitro groups is 1. The van der Waals surface area contributed by atoms with Crippen LogP contribution in [0.25, 0.3) is 0 Å². The number of nitrogens with two attached hydrogens (primary N) is 1. The van der Waals surface area contributed by atoms with E-state index in [4.69, 9.17) is 5.73 Å². The van der Waals surface area contributed by atoms with E-state index < -0.39 is 16.7 Å². The second kappa shape index (κ2) is 2.44. The molecule has 3 N–H and O–H groups in total. The molecule has 0 fully saturated rings. The summed E-state index contributed by atoms with van der Waals surface area (Å²) in [6.07, 6.45) is 5.40. The van der Waals surface area contributed by atoms with Crippen LogP contribution in [0.3, 0.4) is 0 Å². The van der Waals surface area contributed by atoms with Crippen molar-refractivity contribution in [2.45, 2.75) is 11.8 Å². The number of nitrogens with zero attached hydrogens (tertiary/aromatic N) is 1. The van der Waals surface area contributed by atoms with Crippen LogP contribution < -0.4 is 5.73 Å². The van der Waals surface area contributed by atoms with Crippen molar-refractivity contribution in [2.24, 2.45) is 5.73 Å². The molecule has 0 saturated carbocycles. The van der Waals surface area contributed by atoms with Crippen LogP contribution in [0, 0.1) is 10.1 Å². The molecule has 0 aromatic rings. The molecule has 60 valence electrons. The smallest absolute Gasteiger partial charge is 0.326 e. The van der Waals surface area contributed by atoms with E-state index in [-0.39, 0.29) is 0 Å². The molecule has 0 aromatic carbocycles. The summed E-state index contributed by atoms with van der Waals surface area (Å²) in [6.45, 7) is 0. The molecule has 5 nitrogen and oxygen atoms in total. The summed E-state index contributed by atoms with van der Waals surface area (Å²) in [4.78, 5) is 9.47. The van der Waals surface area contributed by atoms with Crippen LogP contribution in [-0.4, -0.2) is 21.8 Å². The first-order valence-electron chi connectivity index (χ1n) is 3.06. The Hall–Kier alpha value is -1.20. The van der Waals surface area contributed by atoms with Crippen LogP contribution in [0.4, 0.5) is 0 Å². The highest BCUT2D eigenvalue weighted by molar-refractivity contribution is 5.20. The maximum absolute atomic E-state index is 10.3. The fourth-order valence-corrected chi connectivity index (χ4v) is 0.816. The average molecular weight is 156 g/mol. The lowest BCUT2D eigenvalue weighted by molar-refractivity contribution is -0.609. The second-order valence-corrected chi connectivity index (χ2v) is 2.31. The molecule has 11 heavy (non-hydrogen) atoms. The largest absolute Gasteiger partial charge is 0.361 e. The Morgan fingerprint density at radius 2 is 2.27 bits per heavy atom. The van der Waals surface area contributed by atoms with Crippen molar-refractivity contribution < 1.29 is 10.0 Å². The standard InChI is InChI=1S/C6H8N2O3/c7-5-3-1-2-4-6(5,9)8(10)11/h1-5,9H,7H2. The van der Waals surface area contributed by atoms with E-state index in [0.717, 1.165) is 6.08 Å². The Morgan fingerprint density at radius 3 is 2.64 bits per heavy atom. The molecule has 2 atom stereocenters. The summed E-state index contributed by atoms with van der Waals surface area (Å²) in [5, 5.41) is 19.5. The van der Waals surface area contributed by atoms with Gasteiger partial charge in [0.2, 0.25) is 0 Å². The first-order chi connectivity index (χ1) is 5.07. The summed E-state index contributed by atoms with van der Waals surface area (Å²) in [5.41, 5.74) is 3.15. The maximum Gasteiger partial charge on any atom is 0.361 e. The fourth-order valence-electron chi connectivity index (χ4n) is 0.816. The highest BCUT2D eigenvalue weighted by Crippen LogP contribution is 2.16. The van der Waals surface area contributed by atoms with Gasteiger partial charge in [-0.2, -0.15) is 0 Å². The van der Waals surface area contributed by atoms with Crippen molar-refractivity contribution in [1.29, 1.82) is 0 Å². The lowest BCUT2D eigenvalue weighted by atomic mass is 10.0. The zero-order chi connectivity index (χ0) is 8.48. The van der Waals surface area contributed by atoms with Gasteiger partial charge in [0.25, 0.3) is 0 Å². The SMILES string of the molecule is NC1C=CC=CC1(O)[N+](=O)[O-]. The summed E-state index contributed by atoms with van der Waals surface area (Å²) >= 11 is 0. The quantitative estimate of drug-likeness (QED) is 0.301. The number of rotatable bonds is 1. The molecule has 2 unspecified atom stereocenters. The molecule has 0 amide bonds. The first-order valence-corrected chi connectivity index (χ1v) is 3.06. The number of aliphatic hydroxyl groups is 1. The van der Waals surface area contributed by atoms with E-state index in [1.807, 2.05) is 0 Å². The molecule has 1 rings (SSSR count). The topological polar surface area (TPSA) is 89.4 Å². The van der Waals surface area contributed by atoms with Gasteiger partial charge < -0.3 is 10.8 Å². The molecular formula is C6H8N2O3. The van der Waals surface area contributed by atoms with Crippen LogP contribution in [0.1, 0.15) is 0 Å². The Kier molecular flexibility index (Phi) is 1.76. The Balaban J connectivity index is 2.94. The zero-order valence-corrected chi connectivity index (χ0v) is 5.68. The number of hydrogen-bond acceptors (Lipinski definition) is 4. The van der Waals surface area contributed by atoms with Gasteiger partial charge in [-0.1, -0.05) is 18.2 Å². The van der Waals surface area contributed by atoms with Gasteiger partial charge in [0.1, 0.15) is 6.04 Å². The van der Waals surface area contributed by atoms with E-state index in [2.05, 4.69) is 0 Å². The highest BCUT2D eigenvalue weighted by atomic mass is 16.7. The Morgan fingerprint density at radius 1 is 1.64 bits per heavy atom. The normalized spacial score (nSPS) is 35.6. The molecule has 0 aromatic heterocycles. The van der Waals surface area contributed by atoms with Crippen molar-refractivity contribution >= 4 is 0 Å². The minimum absolute atomic E-state index is 0.808. The summed E-state index contributed by atoms with van der Waals surface area (Å²) < 4.78 is 0. The predicted molar refractivity (Wildman–Crippen MR) is 38.2 cm³/mol. The summed E-state index contributed by atoms with van der Waals surface area (Å²) in [6, 6.07) is -0.970. The van der Waals surface area contributed by atoms with Crippen LogP contribution in [-0.2, 0) is 0 Å². The summed E-state index contributed by atoms with van der Waals surface area (Å²) in [5.74, 6) is 0. The molecule has 0 spiro atoms. The van der Waals surface area contributed by atoms with Crippen LogP contribution in [0.15, 0.2) is 24.3 Å². The zero-order valence-electron chi connectivity index (χ0n) is 5.68. The Bertz CT molecular complexity index is 236. The molecule has 0 aliphatic heterocycles. The molecule has 0 radical (unpaired) electrons. The number of hydrogen-bond donors (Lipinski definition) is 2. The van der Waals surface area contributed by atoms with Crippen LogP contribution in [0.5, 0.6) is 0 Å². The average Bonchev–Trinajstić information content (AvgIpc) is 1.95. The van der Waals surface area contributed by atoms with E-state index in [1.54, 1.807) is 6.08 Å². The van der Waals surface area contributed by atoms with Gasteiger partial charge in [-0.25, -0.2) is 0 Å². The monoisotopic (exact) mass is 156 g/mol. The molecule has 0 saturated heterocycles. The lowest BCUT2D eigenvalue weighted by Gasteiger charge is -2.21. The number of allylic oxidation sites excluding steroid dienone is 2. The molecule has 0 heterocycles. The molecule has 5 heteroatoms. The first kappa shape index (κ1) is 7.90. The van der Waals surface area contributed by atoms with Crippen LogP contribution >= 0.6 is 0 Å². The molecule has 1 aliphatic rings. The Labute approximate surface area is 63.0 Å². The van der Waals surface area contributed by atoms with Gasteiger partial charge in [-0.15, -0.1) is 0 Å². The van der Waals surface area contributed by atoms with Gasteiger partial charge in [-0.3, -0.25) is 10.1 Å². The van der Waals surface area contributed by atoms with Crippen molar-refractivity contribution in [3.8, 4) is 0 Å². The molecule has 0 bridgehead atoms. The van der Waals surface area contributed by atoms with Crippen LogP contribution in [0.2, 0.25) is 0 Å². The van der Waals surface area contributed by atoms with Gasteiger partial charge >= 0.3 is 5.72 Å². The van der Waals surface area contributed by atoms with Crippen molar-refractivity contribution in [2.75, 3.05) is 0 Å². The lowest BCUT2D eigenvalue weighted by Crippen LogP contribution is -2.52. The fraction of sp³-hybridized carbons (Fsp3) is 0.333. The van der Waals surface area contributed by atoms with Crippen molar-refractivity contribution in [3.63, 3.8) is 0 Å². The van der Waals surface area contributed by atoms with Gasteiger partial charge in [-0.05, 0) is 0 Å². The second-order valence-electron chi connectivity index (χ2n) is 2.31. The minimum atomic E-state index is -2.13. The molecular weight excluding hydrogens is 148 g/mol. The van der Waals surface area contributed by atoms with Crippen molar-refractivity contribution in [3.05, 3.63) is 34.4 Å². The minimum Gasteiger partial charge on any atom is -0.326 e. The predicted octanol–water partition coefficient (Wildman–Crippen LogP) is -0.595.